The van der Waals surface area contributed by atoms with E-state index in [2.05, 4.69) is 10.3 Å². The van der Waals surface area contributed by atoms with Gasteiger partial charge in [-0.25, -0.2) is 0 Å². The van der Waals surface area contributed by atoms with Crippen LogP contribution in [0.4, 0.5) is 5.69 Å². The first-order valence-corrected chi connectivity index (χ1v) is 7.25. The van der Waals surface area contributed by atoms with Crippen LogP contribution < -0.4 is 5.32 Å². The molecule has 1 aromatic heterocycles. The molecule has 1 aromatic carbocycles. The Morgan fingerprint density at radius 1 is 1.22 bits per heavy atom. The Balaban J connectivity index is 0.00000132. The number of nitrogens with zero attached hydrogens (tertiary/aromatic N) is 2. The third-order valence-electron chi connectivity index (χ3n) is 3.89. The third kappa shape index (κ3) is 4.60. The maximum atomic E-state index is 12.5. The minimum Gasteiger partial charge on any atom is -0.384 e. The average molecular weight is 354 g/mol. The molecule has 1 amide bonds. The highest BCUT2D eigenvalue weighted by Gasteiger charge is 2.16. The smallest absolute Gasteiger partial charge is 0.253 e. The Morgan fingerprint density at radius 2 is 1.96 bits per heavy atom. The zero-order chi connectivity index (χ0) is 14.7. The summed E-state index contributed by atoms with van der Waals surface area (Å²) in [5, 5.41) is 3.31. The minimum absolute atomic E-state index is 0. The van der Waals surface area contributed by atoms with Crippen molar-refractivity contribution >= 4 is 36.4 Å². The average Bonchev–Trinajstić information content (AvgIpc) is 3.00. The normalized spacial score (nSPS) is 11.5. The Labute approximate surface area is 149 Å². The van der Waals surface area contributed by atoms with E-state index in [1.54, 1.807) is 17.3 Å². The maximum Gasteiger partial charge on any atom is 0.253 e. The molecule has 0 saturated carbocycles. The molecule has 0 saturated heterocycles. The van der Waals surface area contributed by atoms with Crippen LogP contribution in [-0.4, -0.2) is 35.9 Å². The molecule has 23 heavy (non-hydrogen) atoms. The fraction of sp³-hybridized carbons (Fsp3) is 0.294. The summed E-state index contributed by atoms with van der Waals surface area (Å²) in [6.45, 7) is 1.67. The lowest BCUT2D eigenvalue weighted by Gasteiger charge is -2.17. The molecule has 6 heteroatoms. The lowest BCUT2D eigenvalue weighted by atomic mass is 10.1. The Bertz CT molecular complexity index is 650. The molecule has 0 atom stereocenters. The molecule has 3 rings (SSSR count). The first kappa shape index (κ1) is 19.3. The van der Waals surface area contributed by atoms with E-state index in [4.69, 9.17) is 0 Å². The molecule has 1 aliphatic heterocycles. The van der Waals surface area contributed by atoms with E-state index in [1.165, 1.54) is 11.1 Å². The van der Waals surface area contributed by atoms with Gasteiger partial charge in [0.25, 0.3) is 5.91 Å². The number of anilines is 1. The van der Waals surface area contributed by atoms with Gasteiger partial charge in [0.2, 0.25) is 0 Å². The van der Waals surface area contributed by atoms with Gasteiger partial charge in [-0.1, -0.05) is 0 Å². The van der Waals surface area contributed by atoms with Crippen molar-refractivity contribution < 1.29 is 4.79 Å². The fourth-order valence-electron chi connectivity index (χ4n) is 2.61. The van der Waals surface area contributed by atoms with Crippen LogP contribution in [0.15, 0.2) is 42.7 Å². The van der Waals surface area contributed by atoms with Crippen LogP contribution in [0.25, 0.3) is 0 Å². The van der Waals surface area contributed by atoms with Gasteiger partial charge in [0.1, 0.15) is 0 Å². The number of aromatic nitrogens is 1. The highest BCUT2D eigenvalue weighted by molar-refractivity contribution is 5.95. The molecular weight excluding hydrogens is 333 g/mol. The third-order valence-corrected chi connectivity index (χ3v) is 3.89. The Morgan fingerprint density at radius 3 is 2.70 bits per heavy atom. The molecular formula is C17H21Cl2N3O. The number of hydrogen-bond donors (Lipinski definition) is 1. The van der Waals surface area contributed by atoms with Crippen molar-refractivity contribution in [2.45, 2.75) is 12.8 Å². The van der Waals surface area contributed by atoms with Crippen LogP contribution in [0.1, 0.15) is 21.5 Å². The van der Waals surface area contributed by atoms with Crippen molar-refractivity contribution in [2.75, 3.05) is 25.5 Å². The molecule has 0 spiro atoms. The van der Waals surface area contributed by atoms with E-state index >= 15 is 0 Å². The standard InChI is InChI=1S/C17H19N3O.2ClH/c1-20(11-7-13-4-8-18-9-5-13)17(21)15-2-3-16-14(12-15)6-10-19-16;;/h2-5,8-9,12,19H,6-7,10-11H2,1H3;2*1H. The number of hydrogen-bond acceptors (Lipinski definition) is 3. The predicted molar refractivity (Wildman–Crippen MR) is 98.0 cm³/mol. The number of likely N-dealkylation sites (N-methyl/N-ethyl adjacent to an activating group) is 1. The van der Waals surface area contributed by atoms with Crippen LogP contribution in [0, 0.1) is 0 Å². The van der Waals surface area contributed by atoms with Crippen LogP contribution in [-0.2, 0) is 12.8 Å². The van der Waals surface area contributed by atoms with Gasteiger partial charge in [-0.2, -0.15) is 0 Å². The fourth-order valence-corrected chi connectivity index (χ4v) is 2.61. The number of carbonyl (C=O) groups is 1. The van der Waals surface area contributed by atoms with Gasteiger partial charge < -0.3 is 10.2 Å². The first-order valence-electron chi connectivity index (χ1n) is 7.25. The van der Waals surface area contributed by atoms with Crippen molar-refractivity contribution in [2.24, 2.45) is 0 Å². The predicted octanol–water partition coefficient (Wildman–Crippen LogP) is 3.21. The summed E-state index contributed by atoms with van der Waals surface area (Å²) in [6, 6.07) is 9.90. The number of amides is 1. The number of benzene rings is 1. The summed E-state index contributed by atoms with van der Waals surface area (Å²) in [5.74, 6) is 0.0822. The lowest BCUT2D eigenvalue weighted by molar-refractivity contribution is 0.0796. The number of nitrogens with one attached hydrogen (secondary N) is 1. The van der Waals surface area contributed by atoms with Crippen LogP contribution in [0.2, 0.25) is 0 Å². The van der Waals surface area contributed by atoms with E-state index in [-0.39, 0.29) is 30.7 Å². The van der Waals surface area contributed by atoms with Crippen molar-refractivity contribution in [1.29, 1.82) is 0 Å². The summed E-state index contributed by atoms with van der Waals surface area (Å²) < 4.78 is 0. The van der Waals surface area contributed by atoms with Crippen LogP contribution in [0.5, 0.6) is 0 Å². The number of rotatable bonds is 4. The van der Waals surface area contributed by atoms with Crippen molar-refractivity contribution in [3.05, 3.63) is 59.4 Å². The Hall–Kier alpha value is -1.78. The topological polar surface area (TPSA) is 45.2 Å². The summed E-state index contributed by atoms with van der Waals surface area (Å²) >= 11 is 0. The van der Waals surface area contributed by atoms with E-state index < -0.39 is 0 Å². The number of pyridine rings is 1. The summed E-state index contributed by atoms with van der Waals surface area (Å²) in [6.07, 6.45) is 5.41. The van der Waals surface area contributed by atoms with E-state index in [0.717, 1.165) is 30.6 Å². The number of fused-ring (bicyclic) bond motifs is 1. The molecule has 0 fully saturated rings. The molecule has 2 aromatic rings. The summed E-state index contributed by atoms with van der Waals surface area (Å²) in [7, 11) is 1.86. The molecule has 4 nitrogen and oxygen atoms in total. The van der Waals surface area contributed by atoms with Gasteiger partial charge in [-0.05, 0) is 54.3 Å². The first-order chi connectivity index (χ1) is 10.2. The number of halogens is 2. The summed E-state index contributed by atoms with van der Waals surface area (Å²) in [4.78, 5) is 18.2. The zero-order valence-electron chi connectivity index (χ0n) is 13.0. The summed E-state index contributed by atoms with van der Waals surface area (Å²) in [5.41, 5.74) is 4.37. The van der Waals surface area contributed by atoms with Gasteiger partial charge in [-0.3, -0.25) is 9.78 Å². The molecule has 1 N–H and O–H groups in total. The molecule has 0 bridgehead atoms. The van der Waals surface area contributed by atoms with Gasteiger partial charge in [0, 0.05) is 43.8 Å². The molecule has 2 heterocycles. The lowest BCUT2D eigenvalue weighted by Crippen LogP contribution is -2.28. The van der Waals surface area contributed by atoms with Crippen molar-refractivity contribution in [1.82, 2.24) is 9.88 Å². The minimum atomic E-state index is 0. The van der Waals surface area contributed by atoms with Crippen LogP contribution in [0.3, 0.4) is 0 Å². The molecule has 0 aliphatic carbocycles. The van der Waals surface area contributed by atoms with E-state index in [9.17, 15) is 4.79 Å². The molecule has 0 unspecified atom stereocenters. The maximum absolute atomic E-state index is 12.5. The van der Waals surface area contributed by atoms with Gasteiger partial charge >= 0.3 is 0 Å². The largest absolute Gasteiger partial charge is 0.384 e. The van der Waals surface area contributed by atoms with Gasteiger partial charge in [-0.15, -0.1) is 24.8 Å². The van der Waals surface area contributed by atoms with E-state index in [1.807, 2.05) is 37.4 Å². The van der Waals surface area contributed by atoms with Gasteiger partial charge in [0.15, 0.2) is 0 Å². The van der Waals surface area contributed by atoms with E-state index in [0.29, 0.717) is 6.54 Å². The Kier molecular flexibility index (Phi) is 7.33. The zero-order valence-corrected chi connectivity index (χ0v) is 14.6. The molecule has 124 valence electrons. The highest BCUT2D eigenvalue weighted by Crippen LogP contribution is 2.23. The monoisotopic (exact) mass is 353 g/mol. The van der Waals surface area contributed by atoms with Crippen LogP contribution >= 0.6 is 24.8 Å². The SMILES string of the molecule is CN(CCc1ccncc1)C(=O)c1ccc2c(c1)CCN2.Cl.Cl. The van der Waals surface area contributed by atoms with Gasteiger partial charge in [0.05, 0.1) is 0 Å². The second-order valence-electron chi connectivity index (χ2n) is 5.38. The second-order valence-corrected chi connectivity index (χ2v) is 5.38. The quantitative estimate of drug-likeness (QED) is 0.917. The highest BCUT2D eigenvalue weighted by atomic mass is 35.5. The molecule has 0 radical (unpaired) electrons. The molecule has 1 aliphatic rings. The number of carbonyl (C=O) groups excluding carboxylic acids is 1. The van der Waals surface area contributed by atoms with Crippen molar-refractivity contribution in [3.8, 4) is 0 Å². The van der Waals surface area contributed by atoms with Crippen molar-refractivity contribution in [3.63, 3.8) is 0 Å². The second kappa shape index (κ2) is 8.75.